The Morgan fingerprint density at radius 3 is 1.93 bits per heavy atom. The fourth-order valence-corrected chi connectivity index (χ4v) is 3.42. The lowest BCUT2D eigenvalue weighted by Gasteiger charge is -2.45. The van der Waals surface area contributed by atoms with Crippen LogP contribution in [-0.2, 0) is 9.47 Å². The minimum atomic E-state index is -1.71. The lowest BCUT2D eigenvalue weighted by atomic mass is 9.84. The third-order valence-electron chi connectivity index (χ3n) is 4.85. The quantitative estimate of drug-likeness (QED) is 0.251. The van der Waals surface area contributed by atoms with E-state index in [9.17, 15) is 20.4 Å². The highest BCUT2D eigenvalue weighted by molar-refractivity contribution is 5.03. The minimum absolute atomic E-state index is 0.179. The van der Waals surface area contributed by atoms with Gasteiger partial charge in [0.2, 0.25) is 0 Å². The van der Waals surface area contributed by atoms with Crippen LogP contribution in [0.2, 0.25) is 0 Å². The van der Waals surface area contributed by atoms with E-state index in [2.05, 4.69) is 40.1 Å². The van der Waals surface area contributed by atoms with Gasteiger partial charge in [-0.15, -0.1) is 0 Å². The van der Waals surface area contributed by atoms with E-state index in [1.54, 1.807) is 0 Å². The summed E-state index contributed by atoms with van der Waals surface area (Å²) in [4.78, 5) is 10.4. The zero-order valence-electron chi connectivity index (χ0n) is 15.2. The summed E-state index contributed by atoms with van der Waals surface area (Å²) >= 11 is 0. The van der Waals surface area contributed by atoms with E-state index in [0.717, 1.165) is 0 Å². The molecule has 2 aliphatic rings. The topological polar surface area (TPSA) is 294 Å². The van der Waals surface area contributed by atoms with Crippen LogP contribution in [0, 0.1) is 0 Å². The molecular weight excluding hydrogens is 408 g/mol. The van der Waals surface area contributed by atoms with Gasteiger partial charge in [-0.05, 0) is 28.5 Å². The Morgan fingerprint density at radius 1 is 0.800 bits per heavy atom. The first kappa shape index (κ1) is 23.3. The summed E-state index contributed by atoms with van der Waals surface area (Å²) in [6, 6.07) is -5.05. The number of rotatable bonds is 7. The van der Waals surface area contributed by atoms with Gasteiger partial charge in [0.1, 0.15) is 12.2 Å². The van der Waals surface area contributed by atoms with Gasteiger partial charge in [0.15, 0.2) is 6.29 Å². The molecule has 10 atom stereocenters. The minimum Gasteiger partial charge on any atom is -0.394 e. The second-order valence-corrected chi connectivity index (χ2v) is 6.47. The van der Waals surface area contributed by atoms with Crippen molar-refractivity contribution in [2.24, 2.45) is 20.5 Å². The summed E-state index contributed by atoms with van der Waals surface area (Å²) in [7, 11) is 0. The second kappa shape index (κ2) is 10.7. The fourth-order valence-electron chi connectivity index (χ4n) is 3.42. The van der Waals surface area contributed by atoms with E-state index in [1.165, 1.54) is 0 Å². The molecule has 2 rings (SSSR count). The van der Waals surface area contributed by atoms with Crippen molar-refractivity contribution in [1.29, 1.82) is 0 Å². The molecule has 7 unspecified atom stereocenters. The number of nitrogens with zero attached hydrogens (tertiary/aromatic N) is 12. The molecule has 0 aromatic rings. The van der Waals surface area contributed by atoms with Crippen LogP contribution in [0.5, 0.6) is 0 Å². The van der Waals surface area contributed by atoms with Gasteiger partial charge in [0.05, 0.1) is 49.1 Å². The van der Waals surface area contributed by atoms with Crippen LogP contribution in [0.3, 0.4) is 0 Å². The van der Waals surface area contributed by atoms with Gasteiger partial charge in [-0.3, -0.25) is 0 Å². The van der Waals surface area contributed by atoms with Crippen molar-refractivity contribution < 1.29 is 29.9 Å². The molecule has 1 heterocycles. The van der Waals surface area contributed by atoms with E-state index in [0.29, 0.717) is 0 Å². The normalized spacial score (nSPS) is 40.7. The maximum Gasteiger partial charge on any atom is 0.167 e. The van der Waals surface area contributed by atoms with Crippen LogP contribution < -0.4 is 0 Å². The summed E-state index contributed by atoms with van der Waals surface area (Å²) < 4.78 is 11.0. The van der Waals surface area contributed by atoms with E-state index >= 15 is 0 Å². The van der Waals surface area contributed by atoms with Crippen molar-refractivity contribution in [3.8, 4) is 0 Å². The van der Waals surface area contributed by atoms with E-state index in [1.807, 2.05) is 0 Å². The van der Waals surface area contributed by atoms with Crippen molar-refractivity contribution in [3.63, 3.8) is 0 Å². The largest absolute Gasteiger partial charge is 0.394 e. The molecule has 4 N–H and O–H groups in total. The highest BCUT2D eigenvalue weighted by atomic mass is 16.7. The van der Waals surface area contributed by atoms with Gasteiger partial charge in [-0.1, -0.05) is 20.5 Å². The number of hydrogen-bond acceptors (Lipinski definition) is 10. The van der Waals surface area contributed by atoms with Crippen LogP contribution in [0.15, 0.2) is 20.5 Å². The smallest absolute Gasteiger partial charge is 0.167 e. The Labute approximate surface area is 167 Å². The van der Waals surface area contributed by atoms with Gasteiger partial charge >= 0.3 is 0 Å². The standard InChI is InChI=1S/C12H18N12O6/c13-21-17-3-1-4(18-22-14)11(10(28)8(3)26)30-12-7(20-24-16)6(19-23-15)9(27)5(2-25)29-12/h3-12,25-28H,1-2H2/t3?,4?,5?,6?,7?,8?,9-,10?,11-,12-/m1/s1. The Morgan fingerprint density at radius 2 is 1.37 bits per heavy atom. The predicted molar refractivity (Wildman–Crippen MR) is 95.0 cm³/mol. The molecule has 18 heteroatoms. The molecule has 18 nitrogen and oxygen atoms in total. The molecule has 0 bridgehead atoms. The zero-order chi connectivity index (χ0) is 22.3. The van der Waals surface area contributed by atoms with Gasteiger partial charge in [0, 0.05) is 19.6 Å². The number of aliphatic hydroxyl groups excluding tert-OH is 4. The maximum absolute atomic E-state index is 10.4. The number of azide groups is 4. The molecule has 1 saturated heterocycles. The van der Waals surface area contributed by atoms with Crippen LogP contribution in [0.1, 0.15) is 6.42 Å². The number of ether oxygens (including phenoxy) is 2. The SMILES string of the molecule is [N-]=[N+]=NC1CC(N=[N+]=[N-])[C@@H](O[C@H]2OC(CO)[C@@H](O)C(N=[N+]=[N-])C2N=[N+]=[N-])C(O)C1O. The number of hydrogen-bond donors (Lipinski definition) is 4. The van der Waals surface area contributed by atoms with Crippen molar-refractivity contribution in [1.82, 2.24) is 0 Å². The zero-order valence-corrected chi connectivity index (χ0v) is 15.2. The lowest BCUT2D eigenvalue weighted by molar-refractivity contribution is -0.277. The van der Waals surface area contributed by atoms with E-state index < -0.39 is 67.6 Å². The van der Waals surface area contributed by atoms with Gasteiger partial charge in [0.25, 0.3) is 0 Å². The lowest BCUT2D eigenvalue weighted by Crippen LogP contribution is -2.62. The highest BCUT2D eigenvalue weighted by Gasteiger charge is 2.50. The van der Waals surface area contributed by atoms with Crippen LogP contribution in [0.4, 0.5) is 0 Å². The average Bonchev–Trinajstić information content (AvgIpc) is 2.73. The number of aliphatic hydroxyl groups is 4. The summed E-state index contributed by atoms with van der Waals surface area (Å²) in [5.41, 5.74) is 35.0. The van der Waals surface area contributed by atoms with Crippen molar-refractivity contribution in [2.75, 3.05) is 6.61 Å². The summed E-state index contributed by atoms with van der Waals surface area (Å²) in [5, 5.41) is 53.9. The Balaban J connectivity index is 2.39. The van der Waals surface area contributed by atoms with Gasteiger partial charge < -0.3 is 29.9 Å². The molecule has 0 spiro atoms. The highest BCUT2D eigenvalue weighted by Crippen LogP contribution is 2.33. The van der Waals surface area contributed by atoms with Crippen molar-refractivity contribution in [2.45, 2.75) is 67.4 Å². The summed E-state index contributed by atoms with van der Waals surface area (Å²) in [5.74, 6) is 0. The van der Waals surface area contributed by atoms with Crippen LogP contribution in [0.25, 0.3) is 41.8 Å². The Kier molecular flexibility index (Phi) is 8.29. The van der Waals surface area contributed by atoms with E-state index in [-0.39, 0.29) is 6.42 Å². The first-order chi connectivity index (χ1) is 14.4. The summed E-state index contributed by atoms with van der Waals surface area (Å²) in [6.45, 7) is -0.712. The maximum atomic E-state index is 10.4. The molecule has 162 valence electrons. The molecule has 0 aromatic heterocycles. The van der Waals surface area contributed by atoms with Crippen LogP contribution >= 0.6 is 0 Å². The molecule has 1 saturated carbocycles. The monoisotopic (exact) mass is 426 g/mol. The van der Waals surface area contributed by atoms with Crippen LogP contribution in [-0.4, -0.2) is 88.0 Å². The molecule has 0 amide bonds. The van der Waals surface area contributed by atoms with Crippen molar-refractivity contribution in [3.05, 3.63) is 41.8 Å². The fraction of sp³-hybridized carbons (Fsp3) is 1.00. The Bertz CT molecular complexity index is 804. The molecule has 0 aromatic carbocycles. The van der Waals surface area contributed by atoms with Crippen molar-refractivity contribution >= 4 is 0 Å². The third kappa shape index (κ3) is 4.76. The molecule has 1 aliphatic heterocycles. The second-order valence-electron chi connectivity index (χ2n) is 6.47. The molecule has 1 aliphatic carbocycles. The van der Waals surface area contributed by atoms with E-state index in [4.69, 9.17) is 31.6 Å². The Hall–Kier alpha value is -3.00. The van der Waals surface area contributed by atoms with Gasteiger partial charge in [-0.2, -0.15) is 0 Å². The first-order valence-corrected chi connectivity index (χ1v) is 8.56. The predicted octanol–water partition coefficient (Wildman–Crippen LogP) is 0.291. The third-order valence-corrected chi connectivity index (χ3v) is 4.85. The molecule has 30 heavy (non-hydrogen) atoms. The summed E-state index contributed by atoms with van der Waals surface area (Å²) in [6.07, 6.45) is -9.27. The molecule has 0 radical (unpaired) electrons. The molecular formula is C12H18N12O6. The first-order valence-electron chi connectivity index (χ1n) is 8.56. The van der Waals surface area contributed by atoms with Gasteiger partial charge in [-0.25, -0.2) is 0 Å². The average molecular weight is 426 g/mol. The molecule has 2 fully saturated rings.